The van der Waals surface area contributed by atoms with E-state index in [1.165, 1.54) is 33.2 Å². The van der Waals surface area contributed by atoms with Gasteiger partial charge in [-0.05, 0) is 49.9 Å². The molecule has 0 amide bonds. The molecule has 3 aromatic rings. The van der Waals surface area contributed by atoms with E-state index < -0.39 is 0 Å². The number of rotatable bonds is 3. The molecule has 0 spiro atoms. The van der Waals surface area contributed by atoms with Crippen molar-refractivity contribution in [3.63, 3.8) is 0 Å². The van der Waals surface area contributed by atoms with Crippen molar-refractivity contribution in [3.8, 4) is 5.88 Å². The highest BCUT2D eigenvalue weighted by molar-refractivity contribution is 5.86. The van der Waals surface area contributed by atoms with Crippen LogP contribution >= 0.6 is 0 Å². The Morgan fingerprint density at radius 2 is 1.77 bits per heavy atom. The Morgan fingerprint density at radius 1 is 1.00 bits per heavy atom. The smallest absolute Gasteiger partial charge is 0.218 e. The molecule has 2 aromatic carbocycles. The van der Waals surface area contributed by atoms with Gasteiger partial charge in [-0.3, -0.25) is 4.90 Å². The molecule has 3 heteroatoms. The molecule has 0 aliphatic carbocycles. The first kappa shape index (κ1) is 17.0. The summed E-state index contributed by atoms with van der Waals surface area (Å²) >= 11 is 0. The molecule has 4 rings (SSSR count). The van der Waals surface area contributed by atoms with Gasteiger partial charge in [-0.2, -0.15) is 0 Å². The number of benzene rings is 2. The maximum atomic E-state index is 6.00. The summed E-state index contributed by atoms with van der Waals surface area (Å²) in [5.74, 6) is 0.809. The first-order chi connectivity index (χ1) is 12.6. The lowest BCUT2D eigenvalue weighted by atomic mass is 10.0. The summed E-state index contributed by atoms with van der Waals surface area (Å²) in [6.45, 7) is 9.98. The van der Waals surface area contributed by atoms with Crippen LogP contribution in [0.25, 0.3) is 10.9 Å². The van der Waals surface area contributed by atoms with E-state index in [4.69, 9.17) is 9.72 Å². The van der Waals surface area contributed by atoms with E-state index >= 15 is 0 Å². The second-order valence-corrected chi connectivity index (χ2v) is 7.41. The average molecular weight is 346 g/mol. The second kappa shape index (κ2) is 7.08. The minimum atomic E-state index is 0.699. The van der Waals surface area contributed by atoms with E-state index in [-0.39, 0.29) is 0 Å². The summed E-state index contributed by atoms with van der Waals surface area (Å²) in [5.41, 5.74) is 7.46. The molecule has 2 heterocycles. The van der Waals surface area contributed by atoms with Gasteiger partial charge in [0.15, 0.2) is 0 Å². The molecule has 1 aliphatic heterocycles. The Labute approximate surface area is 155 Å². The third-order valence-electron chi connectivity index (χ3n) is 5.32. The molecule has 0 atom stereocenters. The quantitative estimate of drug-likeness (QED) is 0.693. The van der Waals surface area contributed by atoms with Gasteiger partial charge < -0.3 is 4.74 Å². The van der Waals surface area contributed by atoms with Crippen LogP contribution in [-0.4, -0.2) is 29.6 Å². The zero-order chi connectivity index (χ0) is 18.1. The summed E-state index contributed by atoms with van der Waals surface area (Å²) in [4.78, 5) is 7.33. The highest BCUT2D eigenvalue weighted by atomic mass is 16.5. The fourth-order valence-corrected chi connectivity index (χ4v) is 3.62. The first-order valence-electron chi connectivity index (χ1n) is 9.41. The van der Waals surface area contributed by atoms with E-state index in [0.717, 1.165) is 37.5 Å². The molecule has 134 valence electrons. The Kier molecular flexibility index (Phi) is 4.64. The van der Waals surface area contributed by atoms with Crippen molar-refractivity contribution in [3.05, 3.63) is 70.3 Å². The predicted octanol–water partition coefficient (Wildman–Crippen LogP) is 4.60. The lowest BCUT2D eigenvalue weighted by Crippen LogP contribution is -2.28. The summed E-state index contributed by atoms with van der Waals surface area (Å²) in [5, 5.41) is 1.24. The van der Waals surface area contributed by atoms with Gasteiger partial charge in [0, 0.05) is 30.6 Å². The molecule has 1 aromatic heterocycles. The molecular weight excluding hydrogens is 320 g/mol. The normalized spacial score (nSPS) is 14.7. The SMILES string of the molecule is Cc1ccc(CCN2CCOc3nc4c(C)ccc(C)c4cc3C2)cc1. The van der Waals surface area contributed by atoms with Gasteiger partial charge in [-0.15, -0.1) is 0 Å². The number of pyridine rings is 1. The lowest BCUT2D eigenvalue weighted by Gasteiger charge is -2.19. The zero-order valence-electron chi connectivity index (χ0n) is 15.9. The van der Waals surface area contributed by atoms with Crippen LogP contribution in [0.1, 0.15) is 27.8 Å². The van der Waals surface area contributed by atoms with Crippen molar-refractivity contribution in [1.82, 2.24) is 9.88 Å². The molecule has 0 radical (unpaired) electrons. The fraction of sp³-hybridized carbons (Fsp3) is 0.348. The van der Waals surface area contributed by atoms with Crippen LogP contribution in [0.2, 0.25) is 0 Å². The van der Waals surface area contributed by atoms with Gasteiger partial charge in [-0.25, -0.2) is 4.98 Å². The molecule has 0 fully saturated rings. The Hall–Kier alpha value is -2.39. The van der Waals surface area contributed by atoms with E-state index in [2.05, 4.69) is 68.1 Å². The molecule has 0 saturated heterocycles. The van der Waals surface area contributed by atoms with Crippen molar-refractivity contribution in [2.24, 2.45) is 0 Å². The Bertz CT molecular complexity index is 931. The van der Waals surface area contributed by atoms with Gasteiger partial charge in [0.25, 0.3) is 0 Å². The molecule has 0 saturated carbocycles. The van der Waals surface area contributed by atoms with Gasteiger partial charge >= 0.3 is 0 Å². The topological polar surface area (TPSA) is 25.4 Å². The minimum absolute atomic E-state index is 0.699. The number of ether oxygens (including phenoxy) is 1. The average Bonchev–Trinajstić information content (AvgIpc) is 2.84. The zero-order valence-corrected chi connectivity index (χ0v) is 15.9. The van der Waals surface area contributed by atoms with Crippen molar-refractivity contribution in [2.75, 3.05) is 19.7 Å². The van der Waals surface area contributed by atoms with Crippen molar-refractivity contribution < 1.29 is 4.74 Å². The van der Waals surface area contributed by atoms with Gasteiger partial charge in [0.05, 0.1) is 5.52 Å². The van der Waals surface area contributed by atoms with Gasteiger partial charge in [0.2, 0.25) is 5.88 Å². The Morgan fingerprint density at radius 3 is 2.58 bits per heavy atom. The van der Waals surface area contributed by atoms with E-state index in [1.807, 2.05) is 0 Å². The number of nitrogens with zero attached hydrogens (tertiary/aromatic N) is 2. The minimum Gasteiger partial charge on any atom is -0.476 e. The van der Waals surface area contributed by atoms with E-state index in [0.29, 0.717) is 6.61 Å². The lowest BCUT2D eigenvalue weighted by molar-refractivity contribution is 0.225. The predicted molar refractivity (Wildman–Crippen MR) is 107 cm³/mol. The van der Waals surface area contributed by atoms with Crippen LogP contribution in [0.4, 0.5) is 0 Å². The summed E-state index contributed by atoms with van der Waals surface area (Å²) in [6.07, 6.45) is 1.06. The summed E-state index contributed by atoms with van der Waals surface area (Å²) in [7, 11) is 0. The van der Waals surface area contributed by atoms with Crippen LogP contribution in [0.5, 0.6) is 5.88 Å². The summed E-state index contributed by atoms with van der Waals surface area (Å²) < 4.78 is 6.00. The first-order valence-corrected chi connectivity index (χ1v) is 9.41. The molecular formula is C23H26N2O. The van der Waals surface area contributed by atoms with Crippen LogP contribution in [0.3, 0.4) is 0 Å². The number of aromatic nitrogens is 1. The van der Waals surface area contributed by atoms with Crippen molar-refractivity contribution in [2.45, 2.75) is 33.7 Å². The summed E-state index contributed by atoms with van der Waals surface area (Å²) in [6, 6.07) is 15.5. The largest absolute Gasteiger partial charge is 0.476 e. The highest BCUT2D eigenvalue weighted by Crippen LogP contribution is 2.29. The maximum Gasteiger partial charge on any atom is 0.218 e. The van der Waals surface area contributed by atoms with Crippen LogP contribution < -0.4 is 4.74 Å². The number of aryl methyl sites for hydroxylation is 3. The standard InChI is InChI=1S/C23H26N2O/c1-16-4-8-19(9-5-16)10-11-25-12-13-26-23-20(15-25)14-21-17(2)6-7-18(3)22(21)24-23/h4-9,14H,10-13,15H2,1-3H3. The van der Waals surface area contributed by atoms with Gasteiger partial charge in [-0.1, -0.05) is 42.0 Å². The number of hydrogen-bond acceptors (Lipinski definition) is 3. The molecule has 1 aliphatic rings. The van der Waals surface area contributed by atoms with Crippen LogP contribution in [0, 0.1) is 20.8 Å². The number of fused-ring (bicyclic) bond motifs is 2. The maximum absolute atomic E-state index is 6.00. The van der Waals surface area contributed by atoms with Crippen molar-refractivity contribution >= 4 is 10.9 Å². The van der Waals surface area contributed by atoms with Crippen molar-refractivity contribution in [1.29, 1.82) is 0 Å². The van der Waals surface area contributed by atoms with E-state index in [9.17, 15) is 0 Å². The van der Waals surface area contributed by atoms with E-state index in [1.54, 1.807) is 0 Å². The molecule has 26 heavy (non-hydrogen) atoms. The molecule has 3 nitrogen and oxygen atoms in total. The molecule has 0 N–H and O–H groups in total. The third-order valence-corrected chi connectivity index (χ3v) is 5.32. The van der Waals surface area contributed by atoms with Crippen LogP contribution in [0.15, 0.2) is 42.5 Å². The fourth-order valence-electron chi connectivity index (χ4n) is 3.62. The molecule has 0 unspecified atom stereocenters. The third kappa shape index (κ3) is 3.45. The number of hydrogen-bond donors (Lipinski definition) is 0. The monoisotopic (exact) mass is 346 g/mol. The molecule has 0 bridgehead atoms. The van der Waals surface area contributed by atoms with Crippen LogP contribution in [-0.2, 0) is 13.0 Å². The second-order valence-electron chi connectivity index (χ2n) is 7.41. The van der Waals surface area contributed by atoms with Gasteiger partial charge in [0.1, 0.15) is 6.61 Å². The highest BCUT2D eigenvalue weighted by Gasteiger charge is 2.18. The Balaban J connectivity index is 1.56.